The molecule has 0 aliphatic heterocycles. The van der Waals surface area contributed by atoms with Gasteiger partial charge in [-0.05, 0) is 11.1 Å². The first-order valence-corrected chi connectivity index (χ1v) is 7.75. The molecule has 0 N–H and O–H groups in total. The summed E-state index contributed by atoms with van der Waals surface area (Å²) in [6, 6.07) is 20.5. The summed E-state index contributed by atoms with van der Waals surface area (Å²) in [6.45, 7) is 0. The average Bonchev–Trinajstić information content (AvgIpc) is 2.91. The second kappa shape index (κ2) is 5.52. The molecule has 4 rings (SSSR count). The zero-order chi connectivity index (χ0) is 15.8. The van der Waals surface area contributed by atoms with Crippen molar-refractivity contribution in [3.8, 4) is 22.4 Å². The average molecular weight is 320 g/mol. The maximum atomic E-state index is 6.42. The Balaban J connectivity index is 2.18. The van der Waals surface area contributed by atoms with E-state index in [0.29, 0.717) is 5.15 Å². The molecule has 23 heavy (non-hydrogen) atoms. The van der Waals surface area contributed by atoms with E-state index in [0.717, 1.165) is 33.4 Å². The molecular weight excluding hydrogens is 306 g/mol. The Hall–Kier alpha value is -2.65. The van der Waals surface area contributed by atoms with Gasteiger partial charge < -0.3 is 4.57 Å². The highest BCUT2D eigenvalue weighted by molar-refractivity contribution is 6.35. The van der Waals surface area contributed by atoms with E-state index >= 15 is 0 Å². The summed E-state index contributed by atoms with van der Waals surface area (Å²) in [6.07, 6.45) is 1.51. The molecule has 0 aliphatic carbocycles. The monoisotopic (exact) mass is 319 g/mol. The fourth-order valence-corrected chi connectivity index (χ4v) is 3.26. The summed E-state index contributed by atoms with van der Waals surface area (Å²) >= 11 is 6.42. The predicted octanol–water partition coefficient (Wildman–Crippen LogP) is 4.96. The Labute approximate surface area is 139 Å². The van der Waals surface area contributed by atoms with Crippen LogP contribution < -0.4 is 0 Å². The molecule has 2 heterocycles. The molecule has 4 heteroatoms. The molecule has 0 amide bonds. The SMILES string of the molecule is Cn1c(-c2ccccc2)c(-c2ccccc2)c2c(Cl)ncnc21. The summed E-state index contributed by atoms with van der Waals surface area (Å²) < 4.78 is 2.08. The van der Waals surface area contributed by atoms with Crippen molar-refractivity contribution in [2.45, 2.75) is 0 Å². The Kier molecular flexibility index (Phi) is 3.36. The quantitative estimate of drug-likeness (QED) is 0.489. The van der Waals surface area contributed by atoms with Crippen molar-refractivity contribution in [1.82, 2.24) is 14.5 Å². The third kappa shape index (κ3) is 2.21. The Morgan fingerprint density at radius 1 is 0.826 bits per heavy atom. The first-order chi connectivity index (χ1) is 11.3. The maximum Gasteiger partial charge on any atom is 0.145 e. The van der Waals surface area contributed by atoms with Crippen molar-refractivity contribution in [3.63, 3.8) is 0 Å². The lowest BCUT2D eigenvalue weighted by atomic mass is 9.99. The number of halogens is 1. The third-order valence-corrected chi connectivity index (χ3v) is 4.32. The van der Waals surface area contributed by atoms with Crippen LogP contribution in [0.2, 0.25) is 5.15 Å². The van der Waals surface area contributed by atoms with Crippen LogP contribution in [-0.2, 0) is 7.05 Å². The minimum absolute atomic E-state index is 0.478. The molecule has 2 aromatic heterocycles. The summed E-state index contributed by atoms with van der Waals surface area (Å²) in [5.41, 5.74) is 5.23. The van der Waals surface area contributed by atoms with E-state index < -0.39 is 0 Å². The fourth-order valence-electron chi connectivity index (χ4n) is 3.04. The molecule has 0 spiro atoms. The number of hydrogen-bond acceptors (Lipinski definition) is 2. The highest BCUT2D eigenvalue weighted by Gasteiger charge is 2.21. The molecule has 0 atom stereocenters. The van der Waals surface area contributed by atoms with Gasteiger partial charge in [-0.25, -0.2) is 9.97 Å². The predicted molar refractivity (Wildman–Crippen MR) is 94.4 cm³/mol. The van der Waals surface area contributed by atoms with Crippen LogP contribution in [0.25, 0.3) is 33.4 Å². The van der Waals surface area contributed by atoms with Crippen molar-refractivity contribution in [1.29, 1.82) is 0 Å². The number of benzene rings is 2. The van der Waals surface area contributed by atoms with Crippen LogP contribution in [0.3, 0.4) is 0 Å². The maximum absolute atomic E-state index is 6.42. The topological polar surface area (TPSA) is 30.7 Å². The van der Waals surface area contributed by atoms with Crippen molar-refractivity contribution >= 4 is 22.6 Å². The molecule has 2 aromatic carbocycles. The molecule has 0 fully saturated rings. The molecule has 3 nitrogen and oxygen atoms in total. The van der Waals surface area contributed by atoms with E-state index in [2.05, 4.69) is 38.8 Å². The lowest BCUT2D eigenvalue weighted by Gasteiger charge is -2.08. The largest absolute Gasteiger partial charge is 0.328 e. The second-order valence-electron chi connectivity index (χ2n) is 5.38. The van der Waals surface area contributed by atoms with E-state index in [9.17, 15) is 0 Å². The highest BCUT2D eigenvalue weighted by Crippen LogP contribution is 2.41. The van der Waals surface area contributed by atoms with E-state index in [-0.39, 0.29) is 0 Å². The first kappa shape index (κ1) is 14.0. The number of aromatic nitrogens is 3. The Bertz CT molecular complexity index is 976. The van der Waals surface area contributed by atoms with Crippen LogP contribution in [0.5, 0.6) is 0 Å². The van der Waals surface area contributed by atoms with Gasteiger partial charge in [-0.1, -0.05) is 72.3 Å². The Morgan fingerprint density at radius 2 is 1.43 bits per heavy atom. The second-order valence-corrected chi connectivity index (χ2v) is 5.74. The standard InChI is InChI=1S/C19H14ClN3/c1-23-17(14-10-6-3-7-11-14)15(13-8-4-2-5-9-13)16-18(20)21-12-22-19(16)23/h2-12H,1H3. The number of rotatable bonds is 2. The lowest BCUT2D eigenvalue weighted by Crippen LogP contribution is -1.93. The summed E-state index contributed by atoms with van der Waals surface area (Å²) in [5, 5.41) is 1.37. The van der Waals surface area contributed by atoms with Crippen LogP contribution >= 0.6 is 11.6 Å². The van der Waals surface area contributed by atoms with Gasteiger partial charge in [-0.15, -0.1) is 0 Å². The number of nitrogens with zero attached hydrogens (tertiary/aromatic N) is 3. The minimum atomic E-state index is 0.478. The molecular formula is C19H14ClN3. The van der Waals surface area contributed by atoms with Gasteiger partial charge in [-0.2, -0.15) is 0 Å². The zero-order valence-corrected chi connectivity index (χ0v) is 13.3. The molecule has 0 unspecified atom stereocenters. The van der Waals surface area contributed by atoms with Gasteiger partial charge >= 0.3 is 0 Å². The Morgan fingerprint density at radius 3 is 2.09 bits per heavy atom. The number of hydrogen-bond donors (Lipinski definition) is 0. The smallest absolute Gasteiger partial charge is 0.145 e. The van der Waals surface area contributed by atoms with Crippen LogP contribution in [0.4, 0.5) is 0 Å². The zero-order valence-electron chi connectivity index (χ0n) is 12.6. The van der Waals surface area contributed by atoms with Crippen LogP contribution in [-0.4, -0.2) is 14.5 Å². The molecule has 112 valence electrons. The molecule has 0 radical (unpaired) electrons. The van der Waals surface area contributed by atoms with Crippen LogP contribution in [0.1, 0.15) is 0 Å². The van der Waals surface area contributed by atoms with E-state index in [1.807, 2.05) is 43.4 Å². The minimum Gasteiger partial charge on any atom is -0.328 e. The van der Waals surface area contributed by atoms with Gasteiger partial charge in [0.05, 0.1) is 11.1 Å². The normalized spacial score (nSPS) is 11.0. The van der Waals surface area contributed by atoms with Crippen molar-refractivity contribution in [2.24, 2.45) is 7.05 Å². The van der Waals surface area contributed by atoms with Crippen molar-refractivity contribution < 1.29 is 0 Å². The van der Waals surface area contributed by atoms with Crippen molar-refractivity contribution in [2.75, 3.05) is 0 Å². The highest BCUT2D eigenvalue weighted by atomic mass is 35.5. The van der Waals surface area contributed by atoms with Gasteiger partial charge in [0.1, 0.15) is 17.1 Å². The van der Waals surface area contributed by atoms with Gasteiger partial charge in [-0.3, -0.25) is 0 Å². The van der Waals surface area contributed by atoms with E-state index in [1.165, 1.54) is 6.33 Å². The molecule has 4 aromatic rings. The van der Waals surface area contributed by atoms with Crippen molar-refractivity contribution in [3.05, 3.63) is 72.1 Å². The number of fused-ring (bicyclic) bond motifs is 1. The molecule has 0 bridgehead atoms. The molecule has 0 saturated heterocycles. The molecule has 0 aliphatic rings. The molecule has 0 saturated carbocycles. The van der Waals surface area contributed by atoms with Crippen LogP contribution in [0.15, 0.2) is 67.0 Å². The summed E-state index contributed by atoms with van der Waals surface area (Å²) in [7, 11) is 2.01. The summed E-state index contributed by atoms with van der Waals surface area (Å²) in [4.78, 5) is 8.62. The van der Waals surface area contributed by atoms with Gasteiger partial charge in [0.25, 0.3) is 0 Å². The van der Waals surface area contributed by atoms with E-state index in [1.54, 1.807) is 0 Å². The fraction of sp³-hybridized carbons (Fsp3) is 0.0526. The van der Waals surface area contributed by atoms with Gasteiger partial charge in [0.15, 0.2) is 0 Å². The van der Waals surface area contributed by atoms with Crippen LogP contribution in [0, 0.1) is 0 Å². The first-order valence-electron chi connectivity index (χ1n) is 7.37. The third-order valence-electron chi connectivity index (χ3n) is 4.03. The van der Waals surface area contributed by atoms with Gasteiger partial charge in [0.2, 0.25) is 0 Å². The van der Waals surface area contributed by atoms with E-state index in [4.69, 9.17) is 11.6 Å². The lowest BCUT2D eigenvalue weighted by molar-refractivity contribution is 0.952. The van der Waals surface area contributed by atoms with Gasteiger partial charge in [0, 0.05) is 12.6 Å². The number of aryl methyl sites for hydroxylation is 1. The summed E-state index contributed by atoms with van der Waals surface area (Å²) in [5.74, 6) is 0.